The van der Waals surface area contributed by atoms with Crippen LogP contribution in [0, 0.1) is 17.5 Å². The molecule has 1 heterocycles. The molecule has 0 saturated heterocycles. The van der Waals surface area contributed by atoms with E-state index in [1.807, 2.05) is 4.72 Å². The fraction of sp³-hybridized carbons (Fsp3) is 0.0909. The van der Waals surface area contributed by atoms with Crippen molar-refractivity contribution in [3.8, 4) is 5.88 Å². The standard InChI is InChI=1S/C11H7ClF3N3O3S/c1-21-11-10(17-7(12)4-16-11)18-22(19,20)6-3-2-5(13)8(14)9(6)15/h2-4H,1H3,(H,17,18). The molecule has 118 valence electrons. The average molecular weight is 354 g/mol. The lowest BCUT2D eigenvalue weighted by atomic mass is 10.3. The highest BCUT2D eigenvalue weighted by molar-refractivity contribution is 7.92. The van der Waals surface area contributed by atoms with Crippen LogP contribution in [-0.4, -0.2) is 25.5 Å². The molecule has 0 unspecified atom stereocenters. The maximum Gasteiger partial charge on any atom is 0.266 e. The number of benzene rings is 1. The summed E-state index contributed by atoms with van der Waals surface area (Å²) in [6, 6.07) is 1.05. The summed E-state index contributed by atoms with van der Waals surface area (Å²) in [7, 11) is -3.42. The number of nitrogens with zero attached hydrogens (tertiary/aromatic N) is 2. The second-order valence-electron chi connectivity index (χ2n) is 3.83. The molecule has 1 aromatic carbocycles. The number of anilines is 1. The van der Waals surface area contributed by atoms with Gasteiger partial charge in [0.05, 0.1) is 13.3 Å². The number of nitrogens with one attached hydrogen (secondary N) is 1. The first-order chi connectivity index (χ1) is 10.3. The van der Waals surface area contributed by atoms with Crippen LogP contribution in [0.5, 0.6) is 5.88 Å². The highest BCUT2D eigenvalue weighted by atomic mass is 35.5. The molecule has 0 spiro atoms. The van der Waals surface area contributed by atoms with Gasteiger partial charge < -0.3 is 4.74 Å². The van der Waals surface area contributed by atoms with E-state index >= 15 is 0 Å². The molecule has 2 aromatic rings. The van der Waals surface area contributed by atoms with Crippen LogP contribution in [0.15, 0.2) is 23.2 Å². The number of sulfonamides is 1. The topological polar surface area (TPSA) is 81.2 Å². The Kier molecular flexibility index (Phi) is 4.42. The number of halogens is 4. The van der Waals surface area contributed by atoms with Crippen LogP contribution in [0.4, 0.5) is 19.0 Å². The van der Waals surface area contributed by atoms with Crippen LogP contribution in [-0.2, 0) is 10.0 Å². The molecular weight excluding hydrogens is 347 g/mol. The number of ether oxygens (including phenoxy) is 1. The van der Waals surface area contributed by atoms with E-state index < -0.39 is 38.2 Å². The van der Waals surface area contributed by atoms with Crippen molar-refractivity contribution in [2.75, 3.05) is 11.8 Å². The number of hydrogen-bond donors (Lipinski definition) is 1. The molecule has 22 heavy (non-hydrogen) atoms. The van der Waals surface area contributed by atoms with Gasteiger partial charge in [-0.15, -0.1) is 0 Å². The van der Waals surface area contributed by atoms with Crippen molar-refractivity contribution in [1.29, 1.82) is 0 Å². The van der Waals surface area contributed by atoms with E-state index in [0.29, 0.717) is 12.1 Å². The van der Waals surface area contributed by atoms with Crippen molar-refractivity contribution in [3.05, 3.63) is 40.9 Å². The third kappa shape index (κ3) is 3.07. The van der Waals surface area contributed by atoms with E-state index in [9.17, 15) is 21.6 Å². The quantitative estimate of drug-likeness (QED) is 0.853. The van der Waals surface area contributed by atoms with E-state index in [4.69, 9.17) is 16.3 Å². The third-order valence-electron chi connectivity index (χ3n) is 2.42. The van der Waals surface area contributed by atoms with Gasteiger partial charge in [-0.2, -0.15) is 0 Å². The van der Waals surface area contributed by atoms with Crippen molar-refractivity contribution in [3.63, 3.8) is 0 Å². The minimum atomic E-state index is -4.61. The molecule has 1 aromatic heterocycles. The van der Waals surface area contributed by atoms with Crippen molar-refractivity contribution >= 4 is 27.4 Å². The SMILES string of the molecule is COc1ncc(Cl)nc1NS(=O)(=O)c1ccc(F)c(F)c1F. The molecular formula is C11H7ClF3N3O3S. The first kappa shape index (κ1) is 16.3. The van der Waals surface area contributed by atoms with Crippen molar-refractivity contribution in [1.82, 2.24) is 9.97 Å². The normalized spacial score (nSPS) is 11.3. The Hall–Kier alpha value is -2.07. The second-order valence-corrected chi connectivity index (χ2v) is 5.87. The predicted molar refractivity (Wildman–Crippen MR) is 70.7 cm³/mol. The van der Waals surface area contributed by atoms with Gasteiger partial charge in [-0.05, 0) is 12.1 Å². The van der Waals surface area contributed by atoms with Crippen LogP contribution in [0.25, 0.3) is 0 Å². The molecule has 0 amide bonds. The largest absolute Gasteiger partial charge is 0.478 e. The number of methoxy groups -OCH3 is 1. The summed E-state index contributed by atoms with van der Waals surface area (Å²) < 4.78 is 70.3. The van der Waals surface area contributed by atoms with E-state index in [1.165, 1.54) is 7.11 Å². The smallest absolute Gasteiger partial charge is 0.266 e. The molecule has 11 heteroatoms. The lowest BCUT2D eigenvalue weighted by molar-refractivity contribution is 0.398. The van der Waals surface area contributed by atoms with E-state index in [-0.39, 0.29) is 11.0 Å². The Bertz CT molecular complexity index is 833. The summed E-state index contributed by atoms with van der Waals surface area (Å²) in [6.07, 6.45) is 1.09. The molecule has 0 radical (unpaired) electrons. The van der Waals surface area contributed by atoms with Gasteiger partial charge in [0.2, 0.25) is 5.82 Å². The van der Waals surface area contributed by atoms with Crippen LogP contribution >= 0.6 is 11.6 Å². The third-order valence-corrected chi connectivity index (χ3v) is 3.96. The maximum atomic E-state index is 13.6. The first-order valence-electron chi connectivity index (χ1n) is 5.49. The Morgan fingerprint density at radius 2 is 1.91 bits per heavy atom. The van der Waals surface area contributed by atoms with Crippen LogP contribution < -0.4 is 9.46 Å². The second kappa shape index (κ2) is 5.97. The van der Waals surface area contributed by atoms with E-state index in [2.05, 4.69) is 9.97 Å². The molecule has 1 N–H and O–H groups in total. The van der Waals surface area contributed by atoms with Crippen LogP contribution in [0.3, 0.4) is 0 Å². The van der Waals surface area contributed by atoms with Gasteiger partial charge in [-0.25, -0.2) is 31.6 Å². The molecule has 0 fully saturated rings. The van der Waals surface area contributed by atoms with Gasteiger partial charge in [0, 0.05) is 0 Å². The van der Waals surface area contributed by atoms with Gasteiger partial charge in [0.15, 0.2) is 17.5 Å². The Morgan fingerprint density at radius 1 is 1.23 bits per heavy atom. The molecule has 0 aliphatic rings. The Morgan fingerprint density at radius 3 is 2.55 bits per heavy atom. The van der Waals surface area contributed by atoms with Gasteiger partial charge in [0.25, 0.3) is 15.9 Å². The molecule has 0 bridgehead atoms. The monoisotopic (exact) mass is 353 g/mol. The van der Waals surface area contributed by atoms with Crippen molar-refractivity contribution < 1.29 is 26.3 Å². The fourth-order valence-electron chi connectivity index (χ4n) is 1.47. The summed E-state index contributed by atoms with van der Waals surface area (Å²) in [4.78, 5) is 6.18. The summed E-state index contributed by atoms with van der Waals surface area (Å²) in [5.74, 6) is -5.96. The van der Waals surface area contributed by atoms with Gasteiger partial charge in [-0.1, -0.05) is 11.6 Å². The zero-order valence-corrected chi connectivity index (χ0v) is 12.3. The minimum Gasteiger partial charge on any atom is -0.478 e. The summed E-state index contributed by atoms with van der Waals surface area (Å²) in [5.41, 5.74) is 0. The highest BCUT2D eigenvalue weighted by Crippen LogP contribution is 2.26. The molecule has 0 aliphatic heterocycles. The fourth-order valence-corrected chi connectivity index (χ4v) is 2.67. The average Bonchev–Trinajstić information content (AvgIpc) is 2.44. The van der Waals surface area contributed by atoms with Gasteiger partial charge in [-0.3, -0.25) is 4.72 Å². The Balaban J connectivity index is 2.49. The molecule has 0 aliphatic carbocycles. The molecule has 0 atom stereocenters. The zero-order chi connectivity index (χ0) is 16.5. The molecule has 0 saturated carbocycles. The van der Waals surface area contributed by atoms with Crippen molar-refractivity contribution in [2.24, 2.45) is 0 Å². The summed E-state index contributed by atoms with van der Waals surface area (Å²) >= 11 is 5.58. The lowest BCUT2D eigenvalue weighted by Crippen LogP contribution is -2.17. The Labute approximate surface area is 128 Å². The first-order valence-corrected chi connectivity index (χ1v) is 7.35. The molecule has 6 nitrogen and oxygen atoms in total. The number of aromatic nitrogens is 2. The van der Waals surface area contributed by atoms with E-state index in [1.54, 1.807) is 0 Å². The van der Waals surface area contributed by atoms with E-state index in [0.717, 1.165) is 6.20 Å². The number of hydrogen-bond acceptors (Lipinski definition) is 5. The molecule has 2 rings (SSSR count). The highest BCUT2D eigenvalue weighted by Gasteiger charge is 2.26. The lowest BCUT2D eigenvalue weighted by Gasteiger charge is -2.11. The summed E-state index contributed by atoms with van der Waals surface area (Å²) in [5, 5.41) is -0.163. The van der Waals surface area contributed by atoms with Crippen LogP contribution in [0.2, 0.25) is 5.15 Å². The van der Waals surface area contributed by atoms with Gasteiger partial charge in [0.1, 0.15) is 10.0 Å². The number of rotatable bonds is 4. The minimum absolute atomic E-state index is 0.163. The maximum absolute atomic E-state index is 13.6. The summed E-state index contributed by atoms with van der Waals surface area (Å²) in [6.45, 7) is 0. The van der Waals surface area contributed by atoms with Gasteiger partial charge >= 0.3 is 0 Å². The van der Waals surface area contributed by atoms with Crippen LogP contribution in [0.1, 0.15) is 0 Å². The van der Waals surface area contributed by atoms with Crippen molar-refractivity contribution in [2.45, 2.75) is 4.90 Å². The zero-order valence-electron chi connectivity index (χ0n) is 10.8. The predicted octanol–water partition coefficient (Wildman–Crippen LogP) is 2.36.